The number of hydrogen-bond donors (Lipinski definition) is 0. The van der Waals surface area contributed by atoms with Gasteiger partial charge in [0, 0.05) is 5.57 Å². The van der Waals surface area contributed by atoms with Crippen LogP contribution in [0.3, 0.4) is 0 Å². The van der Waals surface area contributed by atoms with Crippen LogP contribution in [0.25, 0.3) is 0 Å². The summed E-state index contributed by atoms with van der Waals surface area (Å²) in [5.41, 5.74) is -29.7. The van der Waals surface area contributed by atoms with Crippen LogP contribution in [-0.2, 0) is 58.9 Å². The highest BCUT2D eigenvalue weighted by atomic mass is 19.4. The van der Waals surface area contributed by atoms with Gasteiger partial charge in [0.25, 0.3) is 0 Å². The Hall–Kier alpha value is -5.57. The van der Waals surface area contributed by atoms with Crippen molar-refractivity contribution in [2.24, 2.45) is 0 Å². The minimum Gasteiger partial charge on any atom is -0.456 e. The number of likely N-dealkylation sites (N-methyl/N-ethyl adjacent to an activating group) is 1. The molecule has 28 heteroatoms. The van der Waals surface area contributed by atoms with Crippen LogP contribution in [0, 0.1) is 0 Å². The standard InChI is InChI=1S/C32H12BF24.C9H18NO2/c34-25(35,36)13-1-14(26(37,38)39)6-21(5-13)33(22-7-15(27(40,41)42)2-16(8-22)28(43,44)45,23-9-17(29(46,47)48)3-18(10-23)30(49,50)51)24-11-19(31(52,53)54)4-20(12-24)32(55,56)57;1-8(2)9(11)12-7-6-10(3,4)5/h1-12H;1,6-7H2,2-5H3/q-1;+1. The Balaban J connectivity index is 0.000000922. The van der Waals surface area contributed by atoms with Crippen LogP contribution in [-0.4, -0.2) is 50.9 Å². The zero-order chi connectivity index (χ0) is 53.7. The minimum atomic E-state index is -6.13. The summed E-state index contributed by atoms with van der Waals surface area (Å²) in [5.74, 6) is -0.302. The summed E-state index contributed by atoms with van der Waals surface area (Å²) in [6, 6.07) is -8.81. The van der Waals surface area contributed by atoms with Crippen molar-refractivity contribution in [3.8, 4) is 0 Å². The van der Waals surface area contributed by atoms with Gasteiger partial charge in [0.1, 0.15) is 19.3 Å². The van der Waals surface area contributed by atoms with Gasteiger partial charge < -0.3 is 9.22 Å². The molecule has 0 heterocycles. The van der Waals surface area contributed by atoms with Gasteiger partial charge >= 0.3 is 55.4 Å². The maximum atomic E-state index is 14.2. The number of hydrogen-bond acceptors (Lipinski definition) is 2. The average molecular weight is 1040 g/mol. The zero-order valence-corrected chi connectivity index (χ0v) is 35.0. The van der Waals surface area contributed by atoms with Crippen molar-refractivity contribution < 1.29 is 119 Å². The van der Waals surface area contributed by atoms with Crippen LogP contribution in [0.15, 0.2) is 84.9 Å². The first-order valence-electron chi connectivity index (χ1n) is 18.6. The zero-order valence-electron chi connectivity index (χ0n) is 35.0. The van der Waals surface area contributed by atoms with Crippen molar-refractivity contribution in [2.75, 3.05) is 34.3 Å². The monoisotopic (exact) mass is 1040 g/mol. The van der Waals surface area contributed by atoms with Crippen molar-refractivity contribution in [2.45, 2.75) is 56.3 Å². The molecule has 0 amide bonds. The van der Waals surface area contributed by atoms with Crippen molar-refractivity contribution in [1.29, 1.82) is 0 Å². The molecule has 4 rings (SSSR count). The molecule has 3 nitrogen and oxygen atoms in total. The van der Waals surface area contributed by atoms with E-state index in [-0.39, 0.29) is 5.97 Å². The fraction of sp³-hybridized carbons (Fsp3) is 0.341. The quantitative estimate of drug-likeness (QED) is 0.0578. The van der Waals surface area contributed by atoms with E-state index < -0.39 is 195 Å². The lowest BCUT2D eigenvalue weighted by Gasteiger charge is -2.46. The van der Waals surface area contributed by atoms with Gasteiger partial charge in [0.2, 0.25) is 0 Å². The second-order valence-electron chi connectivity index (χ2n) is 16.2. The number of carbonyl (C=O) groups excluding carboxylic acids is 1. The lowest BCUT2D eigenvalue weighted by Crippen LogP contribution is -2.75. The first-order chi connectivity index (χ1) is 30.6. The number of ether oxygens (including phenoxy) is 1. The number of quaternary nitrogens is 1. The predicted octanol–water partition coefficient (Wildman–Crippen LogP) is 12.0. The van der Waals surface area contributed by atoms with E-state index >= 15 is 0 Å². The van der Waals surface area contributed by atoms with Gasteiger partial charge in [-0.25, -0.2) is 4.79 Å². The molecule has 0 aliphatic rings. The average Bonchev–Trinajstić information content (AvgIpc) is 3.15. The van der Waals surface area contributed by atoms with Crippen LogP contribution in [0.5, 0.6) is 0 Å². The van der Waals surface area contributed by atoms with Crippen molar-refractivity contribution in [1.82, 2.24) is 0 Å². The molecule has 0 saturated heterocycles. The second-order valence-corrected chi connectivity index (χ2v) is 16.2. The molecular weight excluding hydrogens is 1010 g/mol. The molecule has 0 saturated carbocycles. The Labute approximate surface area is 373 Å². The van der Waals surface area contributed by atoms with Gasteiger partial charge in [0.15, 0.2) is 0 Å². The summed E-state index contributed by atoms with van der Waals surface area (Å²) >= 11 is 0. The number of nitrogens with zero attached hydrogens (tertiary/aromatic N) is 1. The van der Waals surface area contributed by atoms with Crippen molar-refractivity contribution >= 4 is 34.0 Å². The molecule has 0 atom stereocenters. The first kappa shape index (κ1) is 57.8. The summed E-state index contributed by atoms with van der Waals surface area (Å²) in [7, 11) is 6.15. The summed E-state index contributed by atoms with van der Waals surface area (Å²) in [5, 5.41) is 0. The number of rotatable bonds is 8. The van der Waals surface area contributed by atoms with E-state index in [9.17, 15) is 110 Å². The third kappa shape index (κ3) is 14.5. The molecule has 0 N–H and O–H groups in total. The topological polar surface area (TPSA) is 26.3 Å². The van der Waals surface area contributed by atoms with Gasteiger partial charge in [0.05, 0.1) is 65.7 Å². The third-order valence-electron chi connectivity index (χ3n) is 9.78. The fourth-order valence-corrected chi connectivity index (χ4v) is 6.61. The predicted molar refractivity (Wildman–Crippen MR) is 199 cm³/mol. The van der Waals surface area contributed by atoms with Crippen molar-refractivity contribution in [3.63, 3.8) is 0 Å². The van der Waals surface area contributed by atoms with Crippen LogP contribution in [0.1, 0.15) is 51.4 Å². The Morgan fingerprint density at radius 2 is 0.580 bits per heavy atom. The van der Waals surface area contributed by atoms with E-state index in [1.54, 1.807) is 6.92 Å². The molecule has 0 spiro atoms. The molecule has 0 unspecified atom stereocenters. The maximum Gasteiger partial charge on any atom is 0.416 e. The lowest BCUT2D eigenvalue weighted by molar-refractivity contribution is -0.870. The first-order valence-corrected chi connectivity index (χ1v) is 18.6. The summed E-state index contributed by atoms with van der Waals surface area (Å²) in [6.07, 6.45) is -54.8. The molecule has 4 aromatic carbocycles. The highest BCUT2D eigenvalue weighted by Crippen LogP contribution is 2.41. The number of benzene rings is 4. The SMILES string of the molecule is C=C(C)C(=O)OCC[N+](C)(C)C.FC(F)(F)c1cc([B-](c2cc(C(F)(F)F)cc(C(F)(F)F)c2)(c2cc(C(F)(F)F)cc(C(F)(F)F)c2)c2cc(C(F)(F)F)cc(C(F)(F)F)c2)cc(C(F)(F)F)c1. The number of halogens is 24. The van der Waals surface area contributed by atoms with Gasteiger partial charge in [-0.1, -0.05) is 55.1 Å². The molecule has 0 radical (unpaired) electrons. The van der Waals surface area contributed by atoms with Gasteiger partial charge in [-0.2, -0.15) is 127 Å². The van der Waals surface area contributed by atoms with Crippen LogP contribution >= 0.6 is 0 Å². The third-order valence-corrected chi connectivity index (χ3v) is 9.78. The van der Waals surface area contributed by atoms with E-state index in [0.29, 0.717) is 12.2 Å². The number of alkyl halides is 24. The Morgan fingerprint density at radius 1 is 0.406 bits per heavy atom. The van der Waals surface area contributed by atoms with Gasteiger partial charge in [-0.05, 0) is 31.2 Å². The maximum absolute atomic E-state index is 14.2. The smallest absolute Gasteiger partial charge is 0.416 e. The lowest BCUT2D eigenvalue weighted by atomic mass is 9.12. The van der Waals surface area contributed by atoms with E-state index in [0.717, 1.165) is 11.0 Å². The molecular formula is C41H30BF24NO2. The molecule has 382 valence electrons. The minimum absolute atomic E-state index is 0.302. The van der Waals surface area contributed by atoms with E-state index in [4.69, 9.17) is 4.74 Å². The Bertz CT molecular complexity index is 2080. The van der Waals surface area contributed by atoms with Crippen molar-refractivity contribution in [3.05, 3.63) is 129 Å². The summed E-state index contributed by atoms with van der Waals surface area (Å²) in [6.45, 7) is 6.41. The van der Waals surface area contributed by atoms with E-state index in [1.807, 2.05) is 0 Å². The molecule has 69 heavy (non-hydrogen) atoms. The molecule has 0 aliphatic carbocycles. The van der Waals surface area contributed by atoms with E-state index in [1.165, 1.54) is 0 Å². The molecule has 0 aromatic heterocycles. The molecule has 0 fully saturated rings. The Morgan fingerprint density at radius 3 is 0.710 bits per heavy atom. The highest BCUT2D eigenvalue weighted by Gasteiger charge is 2.47. The second kappa shape index (κ2) is 19.0. The largest absolute Gasteiger partial charge is 0.456 e. The molecule has 0 bridgehead atoms. The number of esters is 1. The molecule has 0 aliphatic heterocycles. The summed E-state index contributed by atoms with van der Waals surface area (Å²) < 4.78 is 347. The number of carbonyl (C=O) groups is 1. The fourth-order valence-electron chi connectivity index (χ4n) is 6.61. The normalized spacial score (nSPS) is 13.7. The van der Waals surface area contributed by atoms with Gasteiger partial charge in [-0.3, -0.25) is 0 Å². The van der Waals surface area contributed by atoms with Crippen LogP contribution < -0.4 is 21.9 Å². The van der Waals surface area contributed by atoms with E-state index in [2.05, 4.69) is 27.7 Å². The summed E-state index contributed by atoms with van der Waals surface area (Å²) in [4.78, 5) is 10.9. The van der Waals surface area contributed by atoms with Crippen LogP contribution in [0.2, 0.25) is 0 Å². The Kier molecular flexibility index (Phi) is 15.9. The highest BCUT2D eigenvalue weighted by molar-refractivity contribution is 7.20. The van der Waals surface area contributed by atoms with Crippen LogP contribution in [0.4, 0.5) is 105 Å². The molecule has 4 aromatic rings. The van der Waals surface area contributed by atoms with Gasteiger partial charge in [-0.15, -0.1) is 0 Å².